The summed E-state index contributed by atoms with van der Waals surface area (Å²) < 4.78 is 36.5. The fraction of sp³-hybridized carbons (Fsp3) is 0.246. The van der Waals surface area contributed by atoms with Gasteiger partial charge in [0.25, 0.3) is 0 Å². The van der Waals surface area contributed by atoms with Crippen molar-refractivity contribution in [3.63, 3.8) is 0 Å². The van der Waals surface area contributed by atoms with Gasteiger partial charge in [0.1, 0.15) is 17.3 Å². The molecule has 0 bridgehead atoms. The third-order valence-corrected chi connectivity index (χ3v) is 12.6. The molecule has 3 heterocycles. The summed E-state index contributed by atoms with van der Waals surface area (Å²) >= 11 is 0. The quantitative estimate of drug-likeness (QED) is 0.138. The molecule has 1 aliphatic rings. The molecule has 1 aliphatic heterocycles. The number of hydrogen-bond acceptors (Lipinski definition) is 4. The van der Waals surface area contributed by atoms with Crippen molar-refractivity contribution in [1.82, 2.24) is 9.55 Å². The lowest BCUT2D eigenvalue weighted by molar-refractivity contribution is 0.483. The normalized spacial score (nSPS) is 14.3. The third kappa shape index (κ3) is 7.34. The topological polar surface area (TPSA) is 33.5 Å². The van der Waals surface area contributed by atoms with Crippen LogP contribution in [-0.4, -0.2) is 16.2 Å². The van der Waals surface area contributed by atoms with Crippen LogP contribution in [0.25, 0.3) is 44.4 Å². The highest BCUT2D eigenvalue weighted by molar-refractivity contribution is 6.09. The Morgan fingerprint density at radius 1 is 0.597 bits per heavy atom. The van der Waals surface area contributed by atoms with E-state index in [-0.39, 0.29) is 0 Å². The highest BCUT2D eigenvalue weighted by Gasteiger charge is 2.28. The van der Waals surface area contributed by atoms with Crippen molar-refractivity contribution >= 4 is 38.9 Å². The van der Waals surface area contributed by atoms with E-state index in [0.717, 1.165) is 72.3 Å². The Morgan fingerprint density at radius 2 is 1.26 bits per heavy atom. The Morgan fingerprint density at radius 3 is 1.95 bits per heavy atom. The molecule has 8 aromatic rings. The van der Waals surface area contributed by atoms with E-state index in [9.17, 15) is 2.74 Å². The summed E-state index contributed by atoms with van der Waals surface area (Å²) in [5.41, 5.74) is 15.7. The van der Waals surface area contributed by atoms with Crippen molar-refractivity contribution in [1.29, 1.82) is 0 Å². The van der Waals surface area contributed by atoms with Crippen molar-refractivity contribution in [2.75, 3.05) is 16.5 Å². The van der Waals surface area contributed by atoms with Crippen molar-refractivity contribution < 1.29 is 8.85 Å². The first-order valence-electron chi connectivity index (χ1n) is 23.1. The molecule has 0 spiro atoms. The van der Waals surface area contributed by atoms with Crippen molar-refractivity contribution in [2.24, 2.45) is 0 Å². The van der Waals surface area contributed by atoms with E-state index >= 15 is 0 Å². The van der Waals surface area contributed by atoms with Crippen LogP contribution in [0.3, 0.4) is 0 Å². The number of aromatic nitrogens is 2. The van der Waals surface area contributed by atoms with Crippen LogP contribution in [0.15, 0.2) is 140 Å². The summed E-state index contributed by atoms with van der Waals surface area (Å²) in [5.74, 6) is -0.756. The summed E-state index contributed by atoms with van der Waals surface area (Å²) in [6.45, 7) is 20.7. The number of nitrogens with zero attached hydrogens (tertiary/aromatic N) is 4. The van der Waals surface area contributed by atoms with Gasteiger partial charge < -0.3 is 14.5 Å². The van der Waals surface area contributed by atoms with Gasteiger partial charge >= 0.3 is 0 Å². The lowest BCUT2D eigenvalue weighted by atomic mass is 9.82. The van der Waals surface area contributed by atoms with Gasteiger partial charge in [0.05, 0.1) is 23.4 Å². The summed E-state index contributed by atoms with van der Waals surface area (Å²) in [6, 6.07) is 43.9. The summed E-state index contributed by atoms with van der Waals surface area (Å²) in [4.78, 5) is 9.72. The minimum absolute atomic E-state index is 0.657. The maximum atomic E-state index is 9.31. The monoisotopic (exact) mass is 817 g/mol. The SMILES string of the molecule is [2H]C(C)(C)c1cc(C([2H])(C)C)c(-c2ccnc(-n3c4ccccc4c4ccc(Oc5cccc(N6CN(c7c(C)c(C)cc(C)c7C)C=C6c6ccccc6)c5)cc43)c2)c(C([2H])(C)C)c1. The second-order valence-corrected chi connectivity index (χ2v) is 17.5. The molecule has 5 heteroatoms. The molecule has 0 radical (unpaired) electrons. The number of aryl methyl sites for hydroxylation is 2. The number of anilines is 2. The molecule has 2 aromatic heterocycles. The maximum Gasteiger partial charge on any atom is 0.138 e. The molecule has 0 N–H and O–H groups in total. The molecule has 6 aromatic carbocycles. The van der Waals surface area contributed by atoms with E-state index in [4.69, 9.17) is 11.1 Å². The molecule has 0 amide bonds. The average Bonchev–Trinajstić information content (AvgIpc) is 3.85. The van der Waals surface area contributed by atoms with Gasteiger partial charge in [0.15, 0.2) is 0 Å². The zero-order valence-corrected chi connectivity index (χ0v) is 37.7. The molecule has 0 saturated heterocycles. The fourth-order valence-electron chi connectivity index (χ4n) is 9.15. The van der Waals surface area contributed by atoms with Crippen LogP contribution in [0.2, 0.25) is 0 Å². The van der Waals surface area contributed by atoms with E-state index in [0.29, 0.717) is 18.2 Å². The number of pyridine rings is 1. The number of fused-ring (bicyclic) bond motifs is 3. The summed E-state index contributed by atoms with van der Waals surface area (Å²) in [6.07, 6.45) is 4.10. The summed E-state index contributed by atoms with van der Waals surface area (Å²) in [7, 11) is 0. The van der Waals surface area contributed by atoms with E-state index in [1.165, 1.54) is 27.9 Å². The number of benzene rings is 6. The molecule has 0 atom stereocenters. The molecule has 0 fully saturated rings. The first-order chi connectivity index (χ1) is 30.8. The lowest BCUT2D eigenvalue weighted by Crippen LogP contribution is -2.27. The zero-order chi connectivity index (χ0) is 46.2. The molecule has 312 valence electrons. The van der Waals surface area contributed by atoms with Gasteiger partial charge in [-0.1, -0.05) is 114 Å². The van der Waals surface area contributed by atoms with E-state index in [2.05, 4.69) is 139 Å². The Hall–Kier alpha value is -6.59. The minimum Gasteiger partial charge on any atom is -0.457 e. The molecule has 5 nitrogen and oxygen atoms in total. The predicted molar refractivity (Wildman–Crippen MR) is 262 cm³/mol. The first-order valence-corrected chi connectivity index (χ1v) is 21.6. The zero-order valence-electron chi connectivity index (χ0n) is 40.7. The van der Waals surface area contributed by atoms with Gasteiger partial charge in [-0.05, 0) is 143 Å². The summed E-state index contributed by atoms with van der Waals surface area (Å²) in [5, 5.41) is 2.17. The average molecular weight is 818 g/mol. The van der Waals surface area contributed by atoms with E-state index in [1.54, 1.807) is 0 Å². The standard InChI is InChI=1S/C57H58N4O/c1-35(2)44-28-50(36(3)4)56(51(29-44)37(5)6)43-25-26-58-55(30-43)61-52-22-15-14-21-48(52)49-24-23-47(32-53(49)61)62-46-20-16-19-45(31-46)60-34-59(33-54(60)42-17-12-11-13-18-42)57-40(9)38(7)27-39(8)41(57)10/h11-33,35-37H,34H2,1-10H3/i35D,36D,37D. The van der Waals surface area contributed by atoms with Crippen molar-refractivity contribution in [3.05, 3.63) is 184 Å². The van der Waals surface area contributed by atoms with Gasteiger partial charge in [-0.3, -0.25) is 4.57 Å². The van der Waals surface area contributed by atoms with Crippen LogP contribution in [-0.2, 0) is 0 Å². The highest BCUT2D eigenvalue weighted by atomic mass is 16.5. The number of ether oxygens (including phenoxy) is 1. The third-order valence-electron chi connectivity index (χ3n) is 12.6. The van der Waals surface area contributed by atoms with Crippen molar-refractivity contribution in [3.8, 4) is 28.4 Å². The van der Waals surface area contributed by atoms with E-state index < -0.39 is 17.7 Å². The highest BCUT2D eigenvalue weighted by Crippen LogP contribution is 2.42. The Balaban J connectivity index is 1.12. The fourth-order valence-corrected chi connectivity index (χ4v) is 9.15. The van der Waals surface area contributed by atoms with Crippen molar-refractivity contribution in [2.45, 2.75) is 86.9 Å². The number of hydrogen-bond donors (Lipinski definition) is 0. The molecular formula is C57H58N4O. The Labute approximate surface area is 372 Å². The predicted octanol–water partition coefficient (Wildman–Crippen LogP) is 15.5. The maximum absolute atomic E-state index is 9.31. The molecular weight excluding hydrogens is 757 g/mol. The van der Waals surface area contributed by atoms with Gasteiger partial charge in [0.2, 0.25) is 0 Å². The van der Waals surface area contributed by atoms with Crippen LogP contribution in [0.1, 0.15) is 108 Å². The first kappa shape index (κ1) is 37.2. The second-order valence-electron chi connectivity index (χ2n) is 17.5. The number of rotatable bonds is 10. The van der Waals surface area contributed by atoms with Crippen LogP contribution in [0, 0.1) is 27.7 Å². The minimum atomic E-state index is -0.998. The molecule has 0 aliphatic carbocycles. The largest absolute Gasteiger partial charge is 0.457 e. The van der Waals surface area contributed by atoms with Crippen LogP contribution in [0.5, 0.6) is 11.5 Å². The van der Waals surface area contributed by atoms with Gasteiger partial charge in [-0.2, -0.15) is 0 Å². The Kier molecular flexibility index (Phi) is 9.81. The molecule has 62 heavy (non-hydrogen) atoms. The smallest absolute Gasteiger partial charge is 0.138 e. The van der Waals surface area contributed by atoms with Gasteiger partial charge in [0, 0.05) is 50.8 Å². The van der Waals surface area contributed by atoms with Crippen LogP contribution < -0.4 is 14.5 Å². The van der Waals surface area contributed by atoms with Crippen LogP contribution in [0.4, 0.5) is 11.4 Å². The molecule has 9 rings (SSSR count). The van der Waals surface area contributed by atoms with Gasteiger partial charge in [-0.15, -0.1) is 0 Å². The molecule has 0 unspecified atom stereocenters. The lowest BCUT2D eigenvalue weighted by Gasteiger charge is -2.27. The number of para-hydroxylation sites is 1. The molecule has 0 saturated carbocycles. The Bertz CT molecular complexity index is 3100. The van der Waals surface area contributed by atoms with Crippen LogP contribution >= 0.6 is 0 Å². The van der Waals surface area contributed by atoms with E-state index in [1.807, 2.05) is 84.1 Å². The van der Waals surface area contributed by atoms with Gasteiger partial charge in [-0.25, -0.2) is 4.98 Å². The second kappa shape index (κ2) is 16.4.